The lowest BCUT2D eigenvalue weighted by molar-refractivity contribution is -0.122. The average Bonchev–Trinajstić information content (AvgIpc) is 3.30. The molecule has 1 unspecified atom stereocenters. The van der Waals surface area contributed by atoms with Gasteiger partial charge in [-0.15, -0.1) is 0 Å². The Balaban J connectivity index is 1.64. The number of carbonyl (C=O) groups excluding carboxylic acids is 3. The van der Waals surface area contributed by atoms with Crippen LogP contribution in [0.15, 0.2) is 41.0 Å². The third kappa shape index (κ3) is 2.56. The first-order chi connectivity index (χ1) is 12.6. The van der Waals surface area contributed by atoms with E-state index in [9.17, 15) is 14.4 Å². The molecule has 0 radical (unpaired) electrons. The molecule has 2 aromatic rings. The number of benzene rings is 1. The first kappa shape index (κ1) is 16.4. The number of hydrogen-bond donors (Lipinski definition) is 1. The number of amides is 3. The molecule has 1 N–H and O–H groups in total. The van der Waals surface area contributed by atoms with Gasteiger partial charge < -0.3 is 14.6 Å². The van der Waals surface area contributed by atoms with Crippen LogP contribution in [0, 0.1) is 0 Å². The van der Waals surface area contributed by atoms with Gasteiger partial charge in [-0.3, -0.25) is 19.3 Å². The number of hydrogen-bond acceptors (Lipinski definition) is 4. The van der Waals surface area contributed by atoms with Crippen LogP contribution < -0.4 is 15.1 Å². The van der Waals surface area contributed by atoms with Gasteiger partial charge in [-0.1, -0.05) is 0 Å². The summed E-state index contributed by atoms with van der Waals surface area (Å²) in [5, 5.41) is 2.79. The third-order valence-corrected chi connectivity index (χ3v) is 4.87. The Morgan fingerprint density at radius 3 is 2.85 bits per heavy atom. The monoisotopic (exact) mass is 353 g/mol. The molecule has 0 saturated carbocycles. The Labute approximate surface area is 150 Å². The van der Waals surface area contributed by atoms with Crippen molar-refractivity contribution in [3.63, 3.8) is 0 Å². The summed E-state index contributed by atoms with van der Waals surface area (Å²) in [7, 11) is 0. The number of fused-ring (bicyclic) bond motifs is 3. The summed E-state index contributed by atoms with van der Waals surface area (Å²) in [5.74, 6) is 0.268. The van der Waals surface area contributed by atoms with Crippen LogP contribution >= 0.6 is 0 Å². The summed E-state index contributed by atoms with van der Waals surface area (Å²) in [4.78, 5) is 40.6. The van der Waals surface area contributed by atoms with E-state index in [1.165, 1.54) is 0 Å². The highest BCUT2D eigenvalue weighted by Gasteiger charge is 2.44. The molecular formula is C19H19N3O4. The minimum Gasteiger partial charge on any atom is -0.467 e. The molecule has 4 rings (SSSR count). The molecule has 7 nitrogen and oxygen atoms in total. The van der Waals surface area contributed by atoms with E-state index in [1.807, 2.05) is 6.92 Å². The van der Waals surface area contributed by atoms with Gasteiger partial charge in [0.2, 0.25) is 11.8 Å². The summed E-state index contributed by atoms with van der Waals surface area (Å²) in [6.45, 7) is 2.66. The topological polar surface area (TPSA) is 82.9 Å². The summed E-state index contributed by atoms with van der Waals surface area (Å²) >= 11 is 0. The van der Waals surface area contributed by atoms with Gasteiger partial charge in [0, 0.05) is 18.5 Å². The molecule has 1 atom stereocenters. The molecule has 2 aliphatic rings. The first-order valence-corrected chi connectivity index (χ1v) is 8.68. The van der Waals surface area contributed by atoms with E-state index in [1.54, 1.807) is 46.4 Å². The number of likely N-dealkylation sites (N-methyl/N-ethyl adjacent to an activating group) is 1. The van der Waals surface area contributed by atoms with Gasteiger partial charge in [0.15, 0.2) is 0 Å². The van der Waals surface area contributed by atoms with Gasteiger partial charge in [-0.05, 0) is 43.7 Å². The highest BCUT2D eigenvalue weighted by Crippen LogP contribution is 2.41. The van der Waals surface area contributed by atoms with Gasteiger partial charge >= 0.3 is 0 Å². The fraction of sp³-hybridized carbons (Fsp3) is 0.316. The quantitative estimate of drug-likeness (QED) is 0.912. The van der Waals surface area contributed by atoms with Crippen LogP contribution in [0.4, 0.5) is 11.4 Å². The van der Waals surface area contributed by atoms with Crippen molar-refractivity contribution in [3.05, 3.63) is 47.9 Å². The second kappa shape index (κ2) is 6.33. The Hall–Kier alpha value is -3.09. The molecule has 7 heteroatoms. The van der Waals surface area contributed by atoms with Gasteiger partial charge in [0.1, 0.15) is 11.8 Å². The van der Waals surface area contributed by atoms with E-state index in [-0.39, 0.29) is 24.3 Å². The zero-order valence-corrected chi connectivity index (χ0v) is 14.4. The lowest BCUT2D eigenvalue weighted by atomic mass is 10.0. The molecule has 1 saturated heterocycles. The van der Waals surface area contributed by atoms with Crippen molar-refractivity contribution >= 4 is 29.1 Å². The Morgan fingerprint density at radius 2 is 2.12 bits per heavy atom. The predicted molar refractivity (Wildman–Crippen MR) is 94.9 cm³/mol. The fourth-order valence-electron chi connectivity index (χ4n) is 3.61. The molecule has 26 heavy (non-hydrogen) atoms. The summed E-state index contributed by atoms with van der Waals surface area (Å²) in [6.07, 6.45) is 2.46. The third-order valence-electron chi connectivity index (χ3n) is 4.87. The predicted octanol–water partition coefficient (Wildman–Crippen LogP) is 2.07. The normalized spacial score (nSPS) is 18.7. The molecule has 3 amide bonds. The molecule has 0 aliphatic carbocycles. The van der Waals surface area contributed by atoms with Crippen LogP contribution in [-0.2, 0) is 16.1 Å². The van der Waals surface area contributed by atoms with Crippen LogP contribution in [0.25, 0.3) is 0 Å². The largest absolute Gasteiger partial charge is 0.467 e. The van der Waals surface area contributed by atoms with Gasteiger partial charge in [-0.25, -0.2) is 0 Å². The van der Waals surface area contributed by atoms with Crippen molar-refractivity contribution in [2.45, 2.75) is 32.4 Å². The van der Waals surface area contributed by atoms with Crippen molar-refractivity contribution < 1.29 is 18.8 Å². The molecule has 1 aromatic heterocycles. The minimum atomic E-state index is -0.423. The zero-order valence-electron chi connectivity index (χ0n) is 14.4. The van der Waals surface area contributed by atoms with E-state index in [0.29, 0.717) is 42.1 Å². The van der Waals surface area contributed by atoms with Gasteiger partial charge in [0.05, 0.1) is 24.2 Å². The molecular weight excluding hydrogens is 334 g/mol. The van der Waals surface area contributed by atoms with Crippen molar-refractivity contribution in [2.24, 2.45) is 0 Å². The van der Waals surface area contributed by atoms with Gasteiger partial charge in [-0.2, -0.15) is 0 Å². The van der Waals surface area contributed by atoms with E-state index in [2.05, 4.69) is 5.32 Å². The summed E-state index contributed by atoms with van der Waals surface area (Å²) in [6, 6.07) is 8.23. The number of furan rings is 1. The Kier molecular flexibility index (Phi) is 3.99. The molecule has 134 valence electrons. The average molecular weight is 353 g/mol. The molecule has 0 bridgehead atoms. The molecule has 1 aromatic carbocycles. The van der Waals surface area contributed by atoms with E-state index in [0.717, 1.165) is 0 Å². The number of carbonyl (C=O) groups is 3. The number of nitrogens with zero attached hydrogens (tertiary/aromatic N) is 2. The van der Waals surface area contributed by atoms with Crippen molar-refractivity contribution in [1.29, 1.82) is 0 Å². The number of nitrogens with one attached hydrogen (secondary N) is 1. The second-order valence-electron chi connectivity index (χ2n) is 6.37. The smallest absolute Gasteiger partial charge is 0.251 e. The molecule has 2 aliphatic heterocycles. The zero-order chi connectivity index (χ0) is 18.3. The first-order valence-electron chi connectivity index (χ1n) is 8.68. The fourth-order valence-corrected chi connectivity index (χ4v) is 3.61. The van der Waals surface area contributed by atoms with Crippen LogP contribution in [0.3, 0.4) is 0 Å². The minimum absolute atomic E-state index is 0.0460. The summed E-state index contributed by atoms with van der Waals surface area (Å²) in [5.41, 5.74) is 1.74. The number of rotatable bonds is 4. The maximum Gasteiger partial charge on any atom is 0.251 e. The van der Waals surface area contributed by atoms with Crippen LogP contribution in [-0.4, -0.2) is 30.3 Å². The van der Waals surface area contributed by atoms with Crippen molar-refractivity contribution in [2.75, 3.05) is 16.3 Å². The lowest BCUT2D eigenvalue weighted by Gasteiger charge is -2.38. The summed E-state index contributed by atoms with van der Waals surface area (Å²) < 4.78 is 5.21. The molecule has 0 spiro atoms. The van der Waals surface area contributed by atoms with E-state index in [4.69, 9.17) is 4.42 Å². The standard InChI is InChI=1S/C19H19N3O4/c1-2-21-16-10-12(18(24)20-11-13-4-3-9-26-13)5-6-14(16)22-15(19(21)25)7-8-17(22)23/h3-6,9-10,15H,2,7-8,11H2,1H3,(H,20,24). The Morgan fingerprint density at radius 1 is 1.27 bits per heavy atom. The van der Waals surface area contributed by atoms with E-state index >= 15 is 0 Å². The number of anilines is 2. The lowest BCUT2D eigenvalue weighted by Crippen LogP contribution is -2.51. The maximum atomic E-state index is 12.7. The van der Waals surface area contributed by atoms with Crippen LogP contribution in [0.1, 0.15) is 35.9 Å². The van der Waals surface area contributed by atoms with Crippen LogP contribution in [0.2, 0.25) is 0 Å². The molecule has 1 fully saturated rings. The molecule has 3 heterocycles. The SMILES string of the molecule is CCN1C(=O)C2CCC(=O)N2c2ccc(C(=O)NCc3ccco3)cc21. The van der Waals surface area contributed by atoms with Gasteiger partial charge in [0.25, 0.3) is 5.91 Å². The van der Waals surface area contributed by atoms with Crippen molar-refractivity contribution in [3.8, 4) is 0 Å². The van der Waals surface area contributed by atoms with Crippen LogP contribution in [0.5, 0.6) is 0 Å². The second-order valence-corrected chi connectivity index (χ2v) is 6.37. The maximum absolute atomic E-state index is 12.7. The highest BCUT2D eigenvalue weighted by atomic mass is 16.3. The van der Waals surface area contributed by atoms with Crippen molar-refractivity contribution in [1.82, 2.24) is 5.32 Å². The highest BCUT2D eigenvalue weighted by molar-refractivity contribution is 6.15. The van der Waals surface area contributed by atoms with E-state index < -0.39 is 6.04 Å². The Bertz CT molecular complexity index is 875.